The van der Waals surface area contributed by atoms with Crippen LogP contribution in [-0.2, 0) is 25.5 Å². The first kappa shape index (κ1) is 19.6. The van der Waals surface area contributed by atoms with Gasteiger partial charge in [-0.2, -0.15) is 0 Å². The smallest absolute Gasteiger partial charge is 0.346 e. The summed E-state index contributed by atoms with van der Waals surface area (Å²) in [5, 5.41) is 0. The summed E-state index contributed by atoms with van der Waals surface area (Å²) in [6.45, 7) is 5.46. The Bertz CT molecular complexity index is 886. The van der Waals surface area contributed by atoms with Crippen molar-refractivity contribution in [3.05, 3.63) is 59.7 Å². The maximum Gasteiger partial charge on any atom is 0.346 e. The van der Waals surface area contributed by atoms with E-state index in [1.807, 2.05) is 48.5 Å². The predicted octanol–water partition coefficient (Wildman–Crippen LogP) is 3.71. The third-order valence-electron chi connectivity index (χ3n) is 4.48. The molecule has 0 saturated heterocycles. The van der Waals surface area contributed by atoms with E-state index in [1.54, 1.807) is 20.8 Å². The van der Waals surface area contributed by atoms with Gasteiger partial charge in [-0.3, -0.25) is 4.99 Å². The van der Waals surface area contributed by atoms with Gasteiger partial charge >= 0.3 is 11.9 Å². The second-order valence-electron chi connectivity index (χ2n) is 6.41. The Balaban J connectivity index is 1.97. The van der Waals surface area contributed by atoms with Crippen LogP contribution in [0.2, 0.25) is 0 Å². The number of carbonyl (C=O) groups is 2. The highest BCUT2D eigenvalue weighted by Gasteiger charge is 2.51. The zero-order valence-electron chi connectivity index (χ0n) is 16.2. The molecule has 2 aromatic rings. The fraction of sp³-hybridized carbons (Fsp3) is 0.318. The number of aliphatic imine (C=N–C) groups is 1. The zero-order chi connectivity index (χ0) is 20.1. The van der Waals surface area contributed by atoms with Crippen LogP contribution in [0.5, 0.6) is 11.5 Å². The predicted molar refractivity (Wildman–Crippen MR) is 105 cm³/mol. The molecule has 1 heterocycles. The van der Waals surface area contributed by atoms with Gasteiger partial charge in [0.05, 0.1) is 13.2 Å². The van der Waals surface area contributed by atoms with Crippen molar-refractivity contribution in [2.24, 2.45) is 4.99 Å². The molecule has 3 rings (SSSR count). The maximum atomic E-state index is 12.6. The second kappa shape index (κ2) is 8.25. The van der Waals surface area contributed by atoms with E-state index in [1.165, 1.54) is 0 Å². The lowest BCUT2D eigenvalue weighted by Gasteiger charge is -2.30. The molecule has 0 amide bonds. The molecule has 0 unspecified atom stereocenters. The van der Waals surface area contributed by atoms with Crippen LogP contribution in [-0.4, -0.2) is 36.4 Å². The molecule has 146 valence electrons. The molecular formula is C22H23NO5. The standard InChI is InChI=1S/C22H23NO5/c1-4-26-20(24)22(21(25)27-5-2)14-16-11-12-18(13-19(16)15(3)23-22)28-17-9-7-6-8-10-17/h6-13H,4-5,14H2,1-3H3. The van der Waals surface area contributed by atoms with E-state index in [0.29, 0.717) is 11.5 Å². The summed E-state index contributed by atoms with van der Waals surface area (Å²) in [6, 6.07) is 15.0. The minimum absolute atomic E-state index is 0.0863. The lowest BCUT2D eigenvalue weighted by atomic mass is 9.84. The molecule has 0 bridgehead atoms. The number of benzene rings is 2. The lowest BCUT2D eigenvalue weighted by Crippen LogP contribution is -2.51. The Morgan fingerprint density at radius 2 is 1.61 bits per heavy atom. The molecule has 28 heavy (non-hydrogen) atoms. The molecule has 1 aliphatic rings. The van der Waals surface area contributed by atoms with E-state index < -0.39 is 17.5 Å². The first-order valence-electron chi connectivity index (χ1n) is 9.27. The van der Waals surface area contributed by atoms with Crippen molar-refractivity contribution < 1.29 is 23.8 Å². The van der Waals surface area contributed by atoms with Crippen LogP contribution in [0.4, 0.5) is 0 Å². The van der Waals surface area contributed by atoms with Gasteiger partial charge in [-0.25, -0.2) is 9.59 Å². The minimum atomic E-state index is -1.70. The van der Waals surface area contributed by atoms with Crippen molar-refractivity contribution in [3.8, 4) is 11.5 Å². The Morgan fingerprint density at radius 3 is 2.21 bits per heavy atom. The fourth-order valence-corrected chi connectivity index (χ4v) is 3.22. The SMILES string of the molecule is CCOC(=O)C1(C(=O)OCC)Cc2ccc(Oc3ccccc3)cc2C(C)=N1. The topological polar surface area (TPSA) is 74.2 Å². The van der Waals surface area contributed by atoms with Gasteiger partial charge in [0.1, 0.15) is 11.5 Å². The van der Waals surface area contributed by atoms with Crippen LogP contribution in [0.25, 0.3) is 0 Å². The van der Waals surface area contributed by atoms with Crippen LogP contribution < -0.4 is 4.74 Å². The molecule has 0 atom stereocenters. The fourth-order valence-electron chi connectivity index (χ4n) is 3.22. The Labute approximate surface area is 164 Å². The first-order valence-corrected chi connectivity index (χ1v) is 9.27. The summed E-state index contributed by atoms with van der Waals surface area (Å²) in [7, 11) is 0. The van der Waals surface area contributed by atoms with Gasteiger partial charge in [0.25, 0.3) is 5.54 Å². The molecule has 0 spiro atoms. The molecule has 6 heteroatoms. The van der Waals surface area contributed by atoms with E-state index in [9.17, 15) is 9.59 Å². The highest BCUT2D eigenvalue weighted by Crippen LogP contribution is 2.33. The number of hydrogen-bond donors (Lipinski definition) is 0. The van der Waals surface area contributed by atoms with Gasteiger partial charge in [-0.05, 0) is 50.6 Å². The van der Waals surface area contributed by atoms with Gasteiger partial charge in [0, 0.05) is 17.7 Å². The number of para-hydroxylation sites is 1. The quantitative estimate of drug-likeness (QED) is 0.563. The number of hydrogen-bond acceptors (Lipinski definition) is 6. The Morgan fingerprint density at radius 1 is 0.964 bits per heavy atom. The molecule has 0 fully saturated rings. The summed E-state index contributed by atoms with van der Waals surface area (Å²) < 4.78 is 16.2. The van der Waals surface area contributed by atoms with Crippen LogP contribution in [0.15, 0.2) is 53.5 Å². The molecule has 0 radical (unpaired) electrons. The second-order valence-corrected chi connectivity index (χ2v) is 6.41. The molecule has 1 aliphatic heterocycles. The van der Waals surface area contributed by atoms with Gasteiger partial charge in [-0.1, -0.05) is 24.3 Å². The van der Waals surface area contributed by atoms with Gasteiger partial charge in [-0.15, -0.1) is 0 Å². The molecule has 0 saturated carbocycles. The van der Waals surface area contributed by atoms with Crippen LogP contribution in [0, 0.1) is 0 Å². The van der Waals surface area contributed by atoms with Crippen molar-refractivity contribution in [1.82, 2.24) is 0 Å². The monoisotopic (exact) mass is 381 g/mol. The van der Waals surface area contributed by atoms with Gasteiger partial charge in [0.2, 0.25) is 0 Å². The Hall–Kier alpha value is -3.15. The average Bonchev–Trinajstić information content (AvgIpc) is 2.69. The summed E-state index contributed by atoms with van der Waals surface area (Å²) in [6.07, 6.45) is 0.0863. The van der Waals surface area contributed by atoms with Crippen molar-refractivity contribution in [3.63, 3.8) is 0 Å². The van der Waals surface area contributed by atoms with Crippen LogP contribution in [0.3, 0.4) is 0 Å². The molecule has 0 aromatic heterocycles. The lowest BCUT2D eigenvalue weighted by molar-refractivity contribution is -0.163. The Kier molecular flexibility index (Phi) is 5.78. The largest absolute Gasteiger partial charge is 0.464 e. The normalized spacial score (nSPS) is 14.5. The first-order chi connectivity index (χ1) is 13.5. The van der Waals surface area contributed by atoms with Crippen molar-refractivity contribution in [1.29, 1.82) is 0 Å². The number of nitrogens with zero attached hydrogens (tertiary/aromatic N) is 1. The third kappa shape index (κ3) is 3.76. The van der Waals surface area contributed by atoms with E-state index in [-0.39, 0.29) is 19.6 Å². The van der Waals surface area contributed by atoms with E-state index in [0.717, 1.165) is 16.9 Å². The third-order valence-corrected chi connectivity index (χ3v) is 4.48. The van der Waals surface area contributed by atoms with Crippen molar-refractivity contribution in [2.75, 3.05) is 13.2 Å². The number of carbonyl (C=O) groups excluding carboxylic acids is 2. The zero-order valence-corrected chi connectivity index (χ0v) is 16.2. The summed E-state index contributed by atoms with van der Waals surface area (Å²) in [5.74, 6) is -0.00867. The molecule has 2 aromatic carbocycles. The molecular weight excluding hydrogens is 358 g/mol. The van der Waals surface area contributed by atoms with Crippen molar-refractivity contribution >= 4 is 17.7 Å². The maximum absolute atomic E-state index is 12.6. The number of fused-ring (bicyclic) bond motifs is 1. The highest BCUT2D eigenvalue weighted by molar-refractivity contribution is 6.12. The molecule has 0 aliphatic carbocycles. The van der Waals surface area contributed by atoms with E-state index in [4.69, 9.17) is 14.2 Å². The summed E-state index contributed by atoms with van der Waals surface area (Å²) in [5.41, 5.74) is 0.498. The highest BCUT2D eigenvalue weighted by atomic mass is 16.6. The van der Waals surface area contributed by atoms with Crippen molar-refractivity contribution in [2.45, 2.75) is 32.7 Å². The van der Waals surface area contributed by atoms with E-state index >= 15 is 0 Å². The summed E-state index contributed by atoms with van der Waals surface area (Å²) in [4.78, 5) is 29.7. The molecule has 6 nitrogen and oxygen atoms in total. The van der Waals surface area contributed by atoms with Gasteiger partial charge in [0.15, 0.2) is 0 Å². The number of rotatable bonds is 6. The molecule has 0 N–H and O–H groups in total. The number of ether oxygens (including phenoxy) is 3. The summed E-state index contributed by atoms with van der Waals surface area (Å²) >= 11 is 0. The average molecular weight is 381 g/mol. The van der Waals surface area contributed by atoms with E-state index in [2.05, 4.69) is 4.99 Å². The van der Waals surface area contributed by atoms with Crippen LogP contribution >= 0.6 is 0 Å². The number of esters is 2. The van der Waals surface area contributed by atoms with Crippen LogP contribution in [0.1, 0.15) is 31.9 Å². The minimum Gasteiger partial charge on any atom is -0.464 e. The van der Waals surface area contributed by atoms with Gasteiger partial charge < -0.3 is 14.2 Å².